The molecule has 4 aromatic rings. The number of nitrogens with zero attached hydrogens (tertiary/aromatic N) is 3. The summed E-state index contributed by atoms with van der Waals surface area (Å²) < 4.78 is 6.43. The lowest BCUT2D eigenvalue weighted by Gasteiger charge is -2.21. The van der Waals surface area contributed by atoms with E-state index in [2.05, 4.69) is 85.5 Å². The van der Waals surface area contributed by atoms with Crippen molar-refractivity contribution in [2.24, 2.45) is 4.99 Å². The minimum absolute atomic E-state index is 0.738. The number of aromatic nitrogens is 1. The molecular formula is C30H25N3O. The number of fused-ring (bicyclic) bond motifs is 5. The first-order valence-electron chi connectivity index (χ1n) is 11.8. The fourth-order valence-electron chi connectivity index (χ4n) is 4.69. The van der Waals surface area contributed by atoms with E-state index in [0.29, 0.717) is 0 Å². The second kappa shape index (κ2) is 8.31. The maximum absolute atomic E-state index is 6.43. The van der Waals surface area contributed by atoms with Gasteiger partial charge in [0.1, 0.15) is 11.2 Å². The summed E-state index contributed by atoms with van der Waals surface area (Å²) in [4.78, 5) is 12.3. The van der Waals surface area contributed by atoms with Gasteiger partial charge in [-0.1, -0.05) is 54.6 Å². The van der Waals surface area contributed by atoms with Crippen molar-refractivity contribution in [2.75, 3.05) is 18.0 Å². The molecule has 0 N–H and O–H groups in total. The largest absolute Gasteiger partial charge is 0.453 e. The fraction of sp³-hybridized carbons (Fsp3) is 0.133. The Morgan fingerprint density at radius 3 is 2.35 bits per heavy atom. The van der Waals surface area contributed by atoms with Crippen molar-refractivity contribution in [3.05, 3.63) is 96.4 Å². The molecule has 1 aliphatic heterocycles. The van der Waals surface area contributed by atoms with E-state index >= 15 is 0 Å². The molecule has 0 amide bonds. The molecule has 0 saturated heterocycles. The van der Waals surface area contributed by atoms with Gasteiger partial charge >= 0.3 is 0 Å². The van der Waals surface area contributed by atoms with Gasteiger partial charge in [0.05, 0.1) is 11.0 Å². The maximum Gasteiger partial charge on any atom is 0.155 e. The summed E-state index contributed by atoms with van der Waals surface area (Å²) in [5.74, 6) is 0.738. The van der Waals surface area contributed by atoms with E-state index < -0.39 is 0 Å². The summed E-state index contributed by atoms with van der Waals surface area (Å²) in [5, 5.41) is 5.36. The molecule has 0 unspecified atom stereocenters. The average Bonchev–Trinajstić information content (AvgIpc) is 2.88. The van der Waals surface area contributed by atoms with Gasteiger partial charge in [-0.25, -0.2) is 9.98 Å². The van der Waals surface area contributed by atoms with Gasteiger partial charge in [-0.15, -0.1) is 0 Å². The van der Waals surface area contributed by atoms with Crippen LogP contribution in [0.3, 0.4) is 0 Å². The van der Waals surface area contributed by atoms with E-state index in [-0.39, 0.29) is 0 Å². The molecule has 0 spiro atoms. The molecule has 166 valence electrons. The van der Waals surface area contributed by atoms with Gasteiger partial charge in [-0.3, -0.25) is 0 Å². The third-order valence-electron chi connectivity index (χ3n) is 6.47. The fourth-order valence-corrected chi connectivity index (χ4v) is 4.69. The quantitative estimate of drug-likeness (QED) is 0.212. The Morgan fingerprint density at radius 2 is 1.53 bits per heavy atom. The van der Waals surface area contributed by atoms with E-state index in [4.69, 9.17) is 14.4 Å². The number of rotatable bonds is 4. The second-order valence-corrected chi connectivity index (χ2v) is 8.47. The molecule has 0 atom stereocenters. The van der Waals surface area contributed by atoms with Crippen molar-refractivity contribution in [3.8, 4) is 11.5 Å². The first-order valence-corrected chi connectivity index (χ1v) is 11.8. The Morgan fingerprint density at radius 1 is 0.765 bits per heavy atom. The molecule has 0 aromatic heterocycles. The van der Waals surface area contributed by atoms with Gasteiger partial charge in [-0.2, -0.15) is 0 Å². The van der Waals surface area contributed by atoms with Gasteiger partial charge in [-0.05, 0) is 48.9 Å². The van der Waals surface area contributed by atoms with Crippen LogP contribution in [0.15, 0.2) is 100 Å². The Hall–Kier alpha value is -4.18. The lowest BCUT2D eigenvalue weighted by Crippen LogP contribution is -2.21. The van der Waals surface area contributed by atoms with Crippen molar-refractivity contribution < 1.29 is 4.42 Å². The number of hydrogen-bond acceptors (Lipinski definition) is 4. The highest BCUT2D eigenvalue weighted by molar-refractivity contribution is 5.96. The van der Waals surface area contributed by atoms with Gasteiger partial charge in [0.2, 0.25) is 0 Å². The molecule has 0 fully saturated rings. The predicted octanol–water partition coefficient (Wildman–Crippen LogP) is 7.32. The molecule has 0 saturated carbocycles. The number of hydrogen-bond donors (Lipinski definition) is 0. The van der Waals surface area contributed by atoms with Crippen molar-refractivity contribution in [1.29, 1.82) is 0 Å². The zero-order valence-electron chi connectivity index (χ0n) is 19.3. The predicted molar refractivity (Wildman–Crippen MR) is 141 cm³/mol. The standard InChI is InChI=1S/C30H25N3O/c1-3-33(4-2)23-15-16-26-28(18-23)34-29-19-27(24-11-7-8-12-25(24)30(29)32-26)31-22-14-13-20-9-5-6-10-21(20)17-22/h5-19H,3-4H2,1-2H3. The molecule has 4 nitrogen and oxygen atoms in total. The molecule has 34 heavy (non-hydrogen) atoms. The topological polar surface area (TPSA) is 41.6 Å². The van der Waals surface area contributed by atoms with Crippen LogP contribution in [0.2, 0.25) is 0 Å². The molecular weight excluding hydrogens is 418 g/mol. The molecule has 1 heterocycles. The zero-order valence-corrected chi connectivity index (χ0v) is 19.3. The smallest absolute Gasteiger partial charge is 0.155 e. The van der Waals surface area contributed by atoms with E-state index in [0.717, 1.165) is 63.1 Å². The highest BCUT2D eigenvalue weighted by atomic mass is 16.3. The van der Waals surface area contributed by atoms with E-state index in [1.54, 1.807) is 0 Å². The molecule has 6 rings (SSSR count). The van der Waals surface area contributed by atoms with Crippen LogP contribution < -0.4 is 10.3 Å². The molecule has 4 aromatic carbocycles. The first kappa shape index (κ1) is 20.4. The Kier molecular flexibility index (Phi) is 4.99. The van der Waals surface area contributed by atoms with Crippen molar-refractivity contribution >= 4 is 44.0 Å². The van der Waals surface area contributed by atoms with E-state index in [1.807, 2.05) is 24.3 Å². The average molecular weight is 444 g/mol. The Labute approximate surface area is 198 Å². The monoisotopic (exact) mass is 443 g/mol. The van der Waals surface area contributed by atoms with Crippen molar-refractivity contribution in [1.82, 2.24) is 4.98 Å². The Balaban J connectivity index is 1.60. The highest BCUT2D eigenvalue weighted by Crippen LogP contribution is 2.32. The summed E-state index contributed by atoms with van der Waals surface area (Å²) in [6, 6.07) is 31.2. The molecule has 0 radical (unpaired) electrons. The lowest BCUT2D eigenvalue weighted by atomic mass is 10.0. The van der Waals surface area contributed by atoms with Crippen LogP contribution in [-0.4, -0.2) is 18.1 Å². The minimum atomic E-state index is 0.738. The van der Waals surface area contributed by atoms with E-state index in [9.17, 15) is 0 Å². The Bertz CT molecular complexity index is 1700. The van der Waals surface area contributed by atoms with Crippen LogP contribution in [0.1, 0.15) is 13.8 Å². The van der Waals surface area contributed by atoms with Crippen LogP contribution in [-0.2, 0) is 0 Å². The van der Waals surface area contributed by atoms with Crippen molar-refractivity contribution in [2.45, 2.75) is 13.8 Å². The maximum atomic E-state index is 6.43. The molecule has 1 aliphatic carbocycles. The lowest BCUT2D eigenvalue weighted by molar-refractivity contribution is 0.613. The minimum Gasteiger partial charge on any atom is -0.453 e. The third kappa shape index (κ3) is 3.48. The van der Waals surface area contributed by atoms with Gasteiger partial charge in [0.25, 0.3) is 0 Å². The van der Waals surface area contributed by atoms with Crippen LogP contribution in [0.5, 0.6) is 0 Å². The van der Waals surface area contributed by atoms with Gasteiger partial charge in [0, 0.05) is 41.7 Å². The second-order valence-electron chi connectivity index (χ2n) is 8.47. The van der Waals surface area contributed by atoms with Crippen LogP contribution in [0, 0.1) is 0 Å². The summed E-state index contributed by atoms with van der Waals surface area (Å²) >= 11 is 0. The summed E-state index contributed by atoms with van der Waals surface area (Å²) in [6.07, 6.45) is 0. The van der Waals surface area contributed by atoms with Gasteiger partial charge < -0.3 is 9.32 Å². The SMILES string of the molecule is CCN(CC)c1ccc2nc3c4ccccc4c(=Nc4ccc5ccccc5c4)cc-3oc2c1. The van der Waals surface area contributed by atoms with Crippen LogP contribution >= 0.6 is 0 Å². The molecule has 0 bridgehead atoms. The van der Waals surface area contributed by atoms with Crippen LogP contribution in [0.25, 0.3) is 44.1 Å². The number of anilines is 1. The van der Waals surface area contributed by atoms with Crippen molar-refractivity contribution in [3.63, 3.8) is 0 Å². The molecule has 2 aliphatic rings. The summed E-state index contributed by atoms with van der Waals surface area (Å²) in [6.45, 7) is 6.22. The first-order chi connectivity index (χ1) is 16.7. The van der Waals surface area contributed by atoms with Crippen LogP contribution in [0.4, 0.5) is 11.4 Å². The van der Waals surface area contributed by atoms with Gasteiger partial charge in [0.15, 0.2) is 11.3 Å². The zero-order chi connectivity index (χ0) is 23.1. The normalized spacial score (nSPS) is 12.2. The number of benzene rings is 5. The molecule has 4 heteroatoms. The summed E-state index contributed by atoms with van der Waals surface area (Å²) in [7, 11) is 0. The third-order valence-corrected chi connectivity index (χ3v) is 6.47. The van der Waals surface area contributed by atoms with E-state index in [1.165, 1.54) is 10.8 Å². The highest BCUT2D eigenvalue weighted by Gasteiger charge is 2.15. The summed E-state index contributed by atoms with van der Waals surface area (Å²) in [5.41, 5.74) is 4.55.